The van der Waals surface area contributed by atoms with Crippen LogP contribution in [-0.4, -0.2) is 18.8 Å². The van der Waals surface area contributed by atoms with E-state index in [2.05, 4.69) is 0 Å². The van der Waals surface area contributed by atoms with Crippen LogP contribution in [0.1, 0.15) is 5.56 Å². The van der Waals surface area contributed by atoms with Gasteiger partial charge in [-0.2, -0.15) is 0 Å². The number of methoxy groups -OCH3 is 1. The molecule has 5 heteroatoms. The molecular weight excluding hydrogens is 198 g/mol. The van der Waals surface area contributed by atoms with E-state index in [1.165, 1.54) is 13.2 Å². The Kier molecular flexibility index (Phi) is 4.30. The van der Waals surface area contributed by atoms with E-state index < -0.39 is 4.92 Å². The second-order valence-electron chi connectivity index (χ2n) is 2.72. The van der Waals surface area contributed by atoms with Crippen LogP contribution < -0.4 is 4.74 Å². The molecule has 0 spiro atoms. The molecule has 0 bridgehead atoms. The highest BCUT2D eigenvalue weighted by atomic mass is 16.7. The van der Waals surface area contributed by atoms with Crippen LogP contribution in [0.25, 0.3) is 6.08 Å². The average molecular weight is 209 g/mol. The molecule has 1 aromatic rings. The summed E-state index contributed by atoms with van der Waals surface area (Å²) in [7, 11) is 1.52. The molecule has 0 aliphatic heterocycles. The Bertz CT molecular complexity index is 362. The van der Waals surface area contributed by atoms with Crippen molar-refractivity contribution in [1.29, 1.82) is 0 Å². The monoisotopic (exact) mass is 209 g/mol. The minimum Gasteiger partial charge on any atom is -0.468 e. The van der Waals surface area contributed by atoms with Crippen molar-refractivity contribution in [2.75, 3.05) is 13.9 Å². The Morgan fingerprint density at radius 3 is 3.00 bits per heavy atom. The smallest absolute Gasteiger partial charge is 0.235 e. The van der Waals surface area contributed by atoms with Gasteiger partial charge in [-0.1, -0.05) is 12.1 Å². The van der Waals surface area contributed by atoms with Crippen LogP contribution in [0.3, 0.4) is 0 Å². The van der Waals surface area contributed by atoms with Crippen molar-refractivity contribution < 1.29 is 14.4 Å². The number of nitro groups is 1. The molecular formula is C10H11NO4. The minimum absolute atomic E-state index is 0.155. The molecule has 0 unspecified atom stereocenters. The second kappa shape index (κ2) is 5.77. The standard InChI is InChI=1S/C10H11NO4/c1-14-8-15-10-4-2-3-9(7-10)5-6-11(12)13/h2-7H,8H2,1H3. The first kappa shape index (κ1) is 11.2. The molecule has 0 atom stereocenters. The lowest BCUT2D eigenvalue weighted by atomic mass is 10.2. The van der Waals surface area contributed by atoms with Crippen LogP contribution in [0.5, 0.6) is 5.75 Å². The van der Waals surface area contributed by atoms with Crippen LogP contribution in [-0.2, 0) is 4.74 Å². The molecule has 5 nitrogen and oxygen atoms in total. The fourth-order valence-electron chi connectivity index (χ4n) is 0.982. The quantitative estimate of drug-likeness (QED) is 0.422. The molecule has 0 amide bonds. The Balaban J connectivity index is 2.69. The number of benzene rings is 1. The number of ether oxygens (including phenoxy) is 2. The summed E-state index contributed by atoms with van der Waals surface area (Å²) in [5.41, 5.74) is 0.709. The molecule has 0 N–H and O–H groups in total. The third-order valence-corrected chi connectivity index (χ3v) is 1.59. The number of rotatable bonds is 5. The Hall–Kier alpha value is -1.88. The summed E-state index contributed by atoms with van der Waals surface area (Å²) in [5.74, 6) is 0.613. The first-order chi connectivity index (χ1) is 7.22. The van der Waals surface area contributed by atoms with E-state index in [9.17, 15) is 10.1 Å². The third-order valence-electron chi connectivity index (χ3n) is 1.59. The fraction of sp³-hybridized carbons (Fsp3) is 0.200. The first-order valence-electron chi connectivity index (χ1n) is 4.26. The van der Waals surface area contributed by atoms with Crippen molar-refractivity contribution in [2.24, 2.45) is 0 Å². The summed E-state index contributed by atoms with van der Waals surface area (Å²) in [5, 5.41) is 10.1. The molecule has 0 saturated carbocycles. The van der Waals surface area contributed by atoms with E-state index in [1.807, 2.05) is 0 Å². The van der Waals surface area contributed by atoms with E-state index in [1.54, 1.807) is 24.3 Å². The van der Waals surface area contributed by atoms with Gasteiger partial charge in [-0.05, 0) is 17.7 Å². The van der Waals surface area contributed by atoms with Crippen molar-refractivity contribution in [2.45, 2.75) is 0 Å². The first-order valence-corrected chi connectivity index (χ1v) is 4.26. The Labute approximate surface area is 87.1 Å². The summed E-state index contributed by atoms with van der Waals surface area (Å²) >= 11 is 0. The maximum Gasteiger partial charge on any atom is 0.235 e. The lowest BCUT2D eigenvalue weighted by Gasteiger charge is -2.04. The molecule has 0 radical (unpaired) electrons. The van der Waals surface area contributed by atoms with E-state index in [0.29, 0.717) is 11.3 Å². The second-order valence-corrected chi connectivity index (χ2v) is 2.72. The molecule has 0 heterocycles. The van der Waals surface area contributed by atoms with Crippen LogP contribution in [0.2, 0.25) is 0 Å². The highest BCUT2D eigenvalue weighted by molar-refractivity contribution is 5.50. The Morgan fingerprint density at radius 1 is 1.53 bits per heavy atom. The van der Waals surface area contributed by atoms with E-state index >= 15 is 0 Å². The normalized spacial score (nSPS) is 10.5. The zero-order valence-corrected chi connectivity index (χ0v) is 8.25. The molecule has 80 valence electrons. The van der Waals surface area contributed by atoms with Gasteiger partial charge in [0.25, 0.3) is 0 Å². The predicted molar refractivity (Wildman–Crippen MR) is 55.0 cm³/mol. The maximum absolute atomic E-state index is 10.1. The van der Waals surface area contributed by atoms with Gasteiger partial charge in [0, 0.05) is 13.2 Å². The number of hydrogen-bond acceptors (Lipinski definition) is 4. The van der Waals surface area contributed by atoms with Gasteiger partial charge in [0.05, 0.1) is 4.92 Å². The minimum atomic E-state index is -0.511. The van der Waals surface area contributed by atoms with Crippen molar-refractivity contribution in [3.05, 3.63) is 46.1 Å². The van der Waals surface area contributed by atoms with Gasteiger partial charge in [-0.3, -0.25) is 10.1 Å². The van der Waals surface area contributed by atoms with Crippen molar-refractivity contribution in [3.63, 3.8) is 0 Å². The Morgan fingerprint density at radius 2 is 2.33 bits per heavy atom. The summed E-state index contributed by atoms with van der Waals surface area (Å²) in [4.78, 5) is 9.59. The molecule has 0 aromatic heterocycles. The maximum atomic E-state index is 10.1. The topological polar surface area (TPSA) is 61.6 Å². The van der Waals surface area contributed by atoms with Crippen molar-refractivity contribution in [1.82, 2.24) is 0 Å². The zero-order chi connectivity index (χ0) is 11.1. The van der Waals surface area contributed by atoms with Crippen LogP contribution in [0, 0.1) is 10.1 Å². The van der Waals surface area contributed by atoms with E-state index in [4.69, 9.17) is 9.47 Å². The zero-order valence-electron chi connectivity index (χ0n) is 8.25. The van der Waals surface area contributed by atoms with Crippen LogP contribution in [0.4, 0.5) is 0 Å². The fourth-order valence-corrected chi connectivity index (χ4v) is 0.982. The summed E-state index contributed by atoms with van der Waals surface area (Å²) in [6, 6.07) is 6.95. The van der Waals surface area contributed by atoms with Gasteiger partial charge in [0.15, 0.2) is 6.79 Å². The SMILES string of the molecule is COCOc1cccc(C=C[N+](=O)[O-])c1. The van der Waals surface area contributed by atoms with Crippen LogP contribution in [0.15, 0.2) is 30.5 Å². The lowest BCUT2D eigenvalue weighted by molar-refractivity contribution is -0.400. The van der Waals surface area contributed by atoms with Crippen molar-refractivity contribution in [3.8, 4) is 5.75 Å². The van der Waals surface area contributed by atoms with E-state index in [0.717, 1.165) is 6.20 Å². The van der Waals surface area contributed by atoms with Gasteiger partial charge in [-0.15, -0.1) is 0 Å². The summed E-state index contributed by atoms with van der Waals surface area (Å²) in [6.45, 7) is 0.155. The summed E-state index contributed by atoms with van der Waals surface area (Å²) < 4.78 is 9.91. The van der Waals surface area contributed by atoms with Gasteiger partial charge in [-0.25, -0.2) is 0 Å². The van der Waals surface area contributed by atoms with Gasteiger partial charge in [0.1, 0.15) is 5.75 Å². The molecule has 15 heavy (non-hydrogen) atoms. The highest BCUT2D eigenvalue weighted by Crippen LogP contribution is 2.14. The molecule has 0 fully saturated rings. The predicted octanol–water partition coefficient (Wildman–Crippen LogP) is 1.92. The van der Waals surface area contributed by atoms with Gasteiger partial charge < -0.3 is 9.47 Å². The van der Waals surface area contributed by atoms with Crippen molar-refractivity contribution >= 4 is 6.08 Å². The van der Waals surface area contributed by atoms with Gasteiger partial charge in [0.2, 0.25) is 6.20 Å². The highest BCUT2D eigenvalue weighted by Gasteiger charge is 1.95. The van der Waals surface area contributed by atoms with Gasteiger partial charge >= 0.3 is 0 Å². The number of nitrogens with zero attached hydrogens (tertiary/aromatic N) is 1. The molecule has 0 aliphatic carbocycles. The largest absolute Gasteiger partial charge is 0.468 e. The molecule has 1 rings (SSSR count). The molecule has 0 aliphatic rings. The van der Waals surface area contributed by atoms with Crippen LogP contribution >= 0.6 is 0 Å². The van der Waals surface area contributed by atoms with E-state index in [-0.39, 0.29) is 6.79 Å². The molecule has 1 aromatic carbocycles. The number of hydrogen-bond donors (Lipinski definition) is 0. The average Bonchev–Trinajstić information content (AvgIpc) is 2.24. The molecule has 0 saturated heterocycles. The third kappa shape index (κ3) is 4.24. The lowest BCUT2D eigenvalue weighted by Crippen LogP contribution is -1.98. The summed E-state index contributed by atoms with van der Waals surface area (Å²) in [6.07, 6.45) is 2.29.